The highest BCUT2D eigenvalue weighted by Crippen LogP contribution is 2.43. The number of fused-ring (bicyclic) bond motifs is 1. The van der Waals surface area contributed by atoms with E-state index in [0.29, 0.717) is 6.54 Å². The molecule has 0 fully saturated rings. The number of benzene rings is 2. The van der Waals surface area contributed by atoms with E-state index in [-0.39, 0.29) is 6.10 Å². The van der Waals surface area contributed by atoms with Crippen LogP contribution in [0.1, 0.15) is 5.56 Å². The maximum Gasteiger partial charge on any atom is 0.131 e. The average Bonchev–Trinajstić information content (AvgIpc) is 2.97. The Hall–Kier alpha value is -2.20. The van der Waals surface area contributed by atoms with Crippen molar-refractivity contribution in [1.29, 1.82) is 0 Å². The number of nitrogens with two attached hydrogens (primary N) is 1. The number of hydrogen-bond donors (Lipinski definition) is 1. The lowest BCUT2D eigenvalue weighted by atomic mass is 9.99. The van der Waals surface area contributed by atoms with Crippen molar-refractivity contribution >= 4 is 0 Å². The molecule has 1 unspecified atom stereocenters. The van der Waals surface area contributed by atoms with Crippen LogP contribution in [-0.2, 0) is 6.42 Å². The molecule has 2 aromatic rings. The summed E-state index contributed by atoms with van der Waals surface area (Å²) in [4.78, 5) is 0. The number of ether oxygens (including phenoxy) is 3. The van der Waals surface area contributed by atoms with Crippen LogP contribution in [0.2, 0.25) is 0 Å². The van der Waals surface area contributed by atoms with E-state index >= 15 is 0 Å². The molecule has 0 aliphatic carbocycles. The monoisotopic (exact) mass is 285 g/mol. The number of rotatable bonds is 4. The Morgan fingerprint density at radius 2 is 2.00 bits per heavy atom. The van der Waals surface area contributed by atoms with E-state index in [1.54, 1.807) is 14.2 Å². The van der Waals surface area contributed by atoms with Crippen LogP contribution in [0.25, 0.3) is 11.1 Å². The predicted octanol–water partition coefficient (Wildman–Crippen LogP) is 2.63. The van der Waals surface area contributed by atoms with Crippen molar-refractivity contribution in [3.05, 3.63) is 42.0 Å². The van der Waals surface area contributed by atoms with Gasteiger partial charge in [-0.2, -0.15) is 0 Å². The summed E-state index contributed by atoms with van der Waals surface area (Å²) in [6.45, 7) is 0.517. The molecule has 4 nitrogen and oxygen atoms in total. The molecule has 1 heterocycles. The summed E-state index contributed by atoms with van der Waals surface area (Å²) in [6, 6.07) is 11.9. The van der Waals surface area contributed by atoms with Crippen molar-refractivity contribution in [1.82, 2.24) is 0 Å². The lowest BCUT2D eigenvalue weighted by Crippen LogP contribution is -2.24. The number of hydrogen-bond acceptors (Lipinski definition) is 4. The van der Waals surface area contributed by atoms with Gasteiger partial charge in [0.05, 0.1) is 14.2 Å². The molecule has 0 saturated heterocycles. The fourth-order valence-electron chi connectivity index (χ4n) is 2.71. The molecule has 21 heavy (non-hydrogen) atoms. The van der Waals surface area contributed by atoms with Gasteiger partial charge in [0.25, 0.3) is 0 Å². The third-order valence-corrected chi connectivity index (χ3v) is 3.79. The van der Waals surface area contributed by atoms with Gasteiger partial charge >= 0.3 is 0 Å². The van der Waals surface area contributed by atoms with E-state index in [4.69, 9.17) is 19.9 Å². The second kappa shape index (κ2) is 5.66. The molecule has 2 aromatic carbocycles. The van der Waals surface area contributed by atoms with Crippen LogP contribution in [0.4, 0.5) is 0 Å². The zero-order chi connectivity index (χ0) is 14.8. The third kappa shape index (κ3) is 2.43. The van der Waals surface area contributed by atoms with E-state index in [0.717, 1.165) is 34.8 Å². The van der Waals surface area contributed by atoms with E-state index < -0.39 is 0 Å². The zero-order valence-electron chi connectivity index (χ0n) is 12.3. The average molecular weight is 285 g/mol. The molecule has 1 aliphatic heterocycles. The Kier molecular flexibility index (Phi) is 3.71. The fourth-order valence-corrected chi connectivity index (χ4v) is 2.71. The van der Waals surface area contributed by atoms with Crippen molar-refractivity contribution in [2.45, 2.75) is 12.5 Å². The second-order valence-corrected chi connectivity index (χ2v) is 5.04. The quantitative estimate of drug-likeness (QED) is 0.938. The van der Waals surface area contributed by atoms with Crippen LogP contribution in [0, 0.1) is 0 Å². The molecular weight excluding hydrogens is 266 g/mol. The lowest BCUT2D eigenvalue weighted by Gasteiger charge is -2.14. The van der Waals surface area contributed by atoms with Crippen LogP contribution < -0.4 is 19.9 Å². The topological polar surface area (TPSA) is 53.7 Å². The van der Waals surface area contributed by atoms with E-state index in [1.165, 1.54) is 5.56 Å². The molecule has 0 radical (unpaired) electrons. The van der Waals surface area contributed by atoms with Crippen LogP contribution in [0.5, 0.6) is 17.2 Å². The highest BCUT2D eigenvalue weighted by atomic mass is 16.5. The number of methoxy groups -OCH3 is 2. The van der Waals surface area contributed by atoms with Gasteiger partial charge in [0.2, 0.25) is 0 Å². The minimum Gasteiger partial charge on any atom is -0.497 e. The SMILES string of the molecule is COc1ccc(OC)c(-c2cccc3c2OC(CN)C3)c1. The Bertz CT molecular complexity index is 654. The van der Waals surface area contributed by atoms with Gasteiger partial charge in [0.15, 0.2) is 0 Å². The summed E-state index contributed by atoms with van der Waals surface area (Å²) in [5.74, 6) is 2.49. The fraction of sp³-hybridized carbons (Fsp3) is 0.294. The maximum atomic E-state index is 5.99. The summed E-state index contributed by atoms with van der Waals surface area (Å²) >= 11 is 0. The first-order chi connectivity index (χ1) is 10.3. The highest BCUT2D eigenvalue weighted by molar-refractivity contribution is 5.78. The minimum absolute atomic E-state index is 0.0535. The molecule has 3 rings (SSSR count). The Balaban J connectivity index is 2.12. The summed E-state index contributed by atoms with van der Waals surface area (Å²) < 4.78 is 16.8. The van der Waals surface area contributed by atoms with Gasteiger partial charge < -0.3 is 19.9 Å². The summed E-state index contributed by atoms with van der Waals surface area (Å²) in [5.41, 5.74) is 8.90. The molecule has 110 valence electrons. The van der Waals surface area contributed by atoms with Gasteiger partial charge in [-0.05, 0) is 23.8 Å². The van der Waals surface area contributed by atoms with Gasteiger partial charge in [-0.15, -0.1) is 0 Å². The first-order valence-electron chi connectivity index (χ1n) is 6.97. The normalized spacial score (nSPS) is 16.2. The van der Waals surface area contributed by atoms with E-state index in [2.05, 4.69) is 6.07 Å². The Morgan fingerprint density at radius 3 is 2.71 bits per heavy atom. The molecule has 1 atom stereocenters. The molecular formula is C17H19NO3. The van der Waals surface area contributed by atoms with Crippen molar-refractivity contribution < 1.29 is 14.2 Å². The minimum atomic E-state index is 0.0535. The molecule has 2 N–H and O–H groups in total. The van der Waals surface area contributed by atoms with Gasteiger partial charge in [-0.3, -0.25) is 0 Å². The smallest absolute Gasteiger partial charge is 0.131 e. The molecule has 4 heteroatoms. The predicted molar refractivity (Wildman–Crippen MR) is 82.2 cm³/mol. The van der Waals surface area contributed by atoms with Crippen molar-refractivity contribution in [3.63, 3.8) is 0 Å². The van der Waals surface area contributed by atoms with Crippen LogP contribution in [-0.4, -0.2) is 26.9 Å². The van der Waals surface area contributed by atoms with Crippen molar-refractivity contribution in [3.8, 4) is 28.4 Å². The largest absolute Gasteiger partial charge is 0.497 e. The van der Waals surface area contributed by atoms with Gasteiger partial charge in [0.1, 0.15) is 23.4 Å². The van der Waals surface area contributed by atoms with E-state index in [9.17, 15) is 0 Å². The van der Waals surface area contributed by atoms with Gasteiger partial charge in [-0.1, -0.05) is 18.2 Å². The molecule has 0 bridgehead atoms. The van der Waals surface area contributed by atoms with Crippen LogP contribution in [0.15, 0.2) is 36.4 Å². The third-order valence-electron chi connectivity index (χ3n) is 3.79. The Morgan fingerprint density at radius 1 is 1.14 bits per heavy atom. The molecule has 0 spiro atoms. The number of para-hydroxylation sites is 1. The first-order valence-corrected chi connectivity index (χ1v) is 6.97. The van der Waals surface area contributed by atoms with Crippen LogP contribution >= 0.6 is 0 Å². The highest BCUT2D eigenvalue weighted by Gasteiger charge is 2.25. The molecule has 0 amide bonds. The zero-order valence-corrected chi connectivity index (χ0v) is 12.3. The summed E-state index contributed by atoms with van der Waals surface area (Å²) in [7, 11) is 3.32. The lowest BCUT2D eigenvalue weighted by molar-refractivity contribution is 0.242. The molecule has 0 aromatic heterocycles. The summed E-state index contributed by atoms with van der Waals surface area (Å²) in [5, 5.41) is 0. The van der Waals surface area contributed by atoms with Crippen molar-refractivity contribution in [2.24, 2.45) is 5.73 Å². The van der Waals surface area contributed by atoms with Crippen molar-refractivity contribution in [2.75, 3.05) is 20.8 Å². The van der Waals surface area contributed by atoms with Gasteiger partial charge in [-0.25, -0.2) is 0 Å². The standard InChI is InChI=1S/C17H19NO3/c1-19-12-6-7-16(20-2)15(9-12)14-5-3-4-11-8-13(10-18)21-17(11)14/h3-7,9,13H,8,10,18H2,1-2H3. The maximum absolute atomic E-state index is 5.99. The molecule has 0 saturated carbocycles. The molecule has 1 aliphatic rings. The first kappa shape index (κ1) is 13.8. The summed E-state index contributed by atoms with van der Waals surface area (Å²) in [6.07, 6.45) is 0.907. The van der Waals surface area contributed by atoms with E-state index in [1.807, 2.05) is 30.3 Å². The second-order valence-electron chi connectivity index (χ2n) is 5.04. The van der Waals surface area contributed by atoms with Crippen LogP contribution in [0.3, 0.4) is 0 Å². The van der Waals surface area contributed by atoms with Gasteiger partial charge in [0, 0.05) is 24.1 Å². The Labute approximate surface area is 124 Å².